The SMILES string of the molecule is C#CCCC(O)C(O)C(CC1CCCCC1)NC(=O)C(CC#C)NC(=O)C(CC(=O)N(C)CCNC)Cc1ccccc1. The molecule has 5 unspecified atom stereocenters. The smallest absolute Gasteiger partial charge is 0.243 e. The topological polar surface area (TPSA) is 131 Å². The molecular weight excluding hydrogens is 544 g/mol. The summed E-state index contributed by atoms with van der Waals surface area (Å²) in [6, 6.07) is 7.60. The Balaban J connectivity index is 2.21. The fourth-order valence-electron chi connectivity index (χ4n) is 5.56. The van der Waals surface area contributed by atoms with Gasteiger partial charge < -0.3 is 31.1 Å². The van der Waals surface area contributed by atoms with Crippen LogP contribution in [-0.4, -0.2) is 84.3 Å². The van der Waals surface area contributed by atoms with Crippen molar-refractivity contribution in [3.8, 4) is 24.7 Å². The summed E-state index contributed by atoms with van der Waals surface area (Å²) < 4.78 is 0. The molecule has 1 aliphatic rings. The maximum Gasteiger partial charge on any atom is 0.243 e. The van der Waals surface area contributed by atoms with Gasteiger partial charge in [-0.25, -0.2) is 0 Å². The number of nitrogens with zero attached hydrogens (tertiary/aromatic N) is 1. The van der Waals surface area contributed by atoms with Crippen LogP contribution in [0.1, 0.15) is 69.8 Å². The van der Waals surface area contributed by atoms with Crippen LogP contribution in [0.4, 0.5) is 0 Å². The third kappa shape index (κ3) is 12.8. The molecule has 1 aliphatic carbocycles. The summed E-state index contributed by atoms with van der Waals surface area (Å²) in [4.78, 5) is 41.8. The number of carbonyl (C=O) groups is 3. The van der Waals surface area contributed by atoms with Crippen molar-refractivity contribution in [3.05, 3.63) is 35.9 Å². The lowest BCUT2D eigenvalue weighted by Gasteiger charge is -2.33. The van der Waals surface area contributed by atoms with Crippen molar-refractivity contribution in [2.75, 3.05) is 27.2 Å². The molecule has 1 saturated carbocycles. The Morgan fingerprint density at radius 2 is 1.72 bits per heavy atom. The van der Waals surface area contributed by atoms with Crippen molar-refractivity contribution in [3.63, 3.8) is 0 Å². The highest BCUT2D eigenvalue weighted by Crippen LogP contribution is 2.29. The number of benzene rings is 1. The Morgan fingerprint density at radius 1 is 1.02 bits per heavy atom. The molecule has 1 fully saturated rings. The standard InChI is InChI=1S/C34H50N4O5/c1-5-7-19-30(39)32(41)29(23-26-17-12-9-13-18-26)37-34(43)28(14-6-2)36-33(42)27(22-25-15-10-8-11-16-25)24-31(40)38(4)21-20-35-3/h1-2,8,10-11,15-16,26-30,32,35,39,41H,7,9,12-14,17-24H2,3-4H3,(H,36,42)(H,37,43). The van der Waals surface area contributed by atoms with E-state index in [0.717, 1.165) is 37.7 Å². The Kier molecular flexibility index (Phi) is 16.5. The second-order valence-corrected chi connectivity index (χ2v) is 11.6. The zero-order valence-electron chi connectivity index (χ0n) is 25.8. The number of terminal acetylenes is 2. The molecular formula is C34H50N4O5. The second kappa shape index (κ2) is 19.7. The van der Waals surface area contributed by atoms with Gasteiger partial charge >= 0.3 is 0 Å². The van der Waals surface area contributed by atoms with Crippen molar-refractivity contribution in [2.24, 2.45) is 11.8 Å². The van der Waals surface area contributed by atoms with Crippen LogP contribution in [-0.2, 0) is 20.8 Å². The van der Waals surface area contributed by atoms with Crippen molar-refractivity contribution >= 4 is 17.7 Å². The predicted octanol–water partition coefficient (Wildman–Crippen LogP) is 2.01. The summed E-state index contributed by atoms with van der Waals surface area (Å²) in [6.45, 7) is 1.11. The van der Waals surface area contributed by atoms with E-state index in [9.17, 15) is 24.6 Å². The van der Waals surface area contributed by atoms with Crippen LogP contribution in [0.25, 0.3) is 0 Å². The second-order valence-electron chi connectivity index (χ2n) is 11.6. The molecule has 0 bridgehead atoms. The summed E-state index contributed by atoms with van der Waals surface area (Å²) >= 11 is 0. The summed E-state index contributed by atoms with van der Waals surface area (Å²) in [7, 11) is 3.50. The minimum absolute atomic E-state index is 0.0320. The highest BCUT2D eigenvalue weighted by atomic mass is 16.3. The van der Waals surface area contributed by atoms with E-state index in [0.29, 0.717) is 38.3 Å². The molecule has 0 aromatic heterocycles. The van der Waals surface area contributed by atoms with Gasteiger partial charge in [0.25, 0.3) is 0 Å². The van der Waals surface area contributed by atoms with Gasteiger partial charge in [-0.3, -0.25) is 14.4 Å². The van der Waals surface area contributed by atoms with Crippen LogP contribution in [0, 0.1) is 36.5 Å². The van der Waals surface area contributed by atoms with E-state index in [4.69, 9.17) is 12.8 Å². The van der Waals surface area contributed by atoms with E-state index in [1.807, 2.05) is 30.3 Å². The van der Waals surface area contributed by atoms with E-state index in [2.05, 4.69) is 27.8 Å². The maximum absolute atomic E-state index is 13.6. The van der Waals surface area contributed by atoms with E-state index < -0.39 is 42.0 Å². The minimum atomic E-state index is -1.22. The fraction of sp³-hybridized carbons (Fsp3) is 0.618. The monoisotopic (exact) mass is 594 g/mol. The number of amides is 3. The lowest BCUT2D eigenvalue weighted by molar-refractivity contribution is -0.136. The fourth-order valence-corrected chi connectivity index (χ4v) is 5.56. The van der Waals surface area contributed by atoms with E-state index in [1.165, 1.54) is 0 Å². The number of aliphatic hydroxyl groups is 2. The Morgan fingerprint density at radius 3 is 2.35 bits per heavy atom. The maximum atomic E-state index is 13.6. The molecule has 43 heavy (non-hydrogen) atoms. The zero-order valence-corrected chi connectivity index (χ0v) is 25.8. The summed E-state index contributed by atoms with van der Waals surface area (Å²) in [5.74, 6) is 3.35. The summed E-state index contributed by atoms with van der Waals surface area (Å²) in [5, 5.41) is 30.3. The van der Waals surface area contributed by atoms with Gasteiger partial charge in [-0.05, 0) is 37.8 Å². The molecule has 9 heteroatoms. The van der Waals surface area contributed by atoms with Gasteiger partial charge in [0, 0.05) is 39.4 Å². The molecule has 1 aromatic carbocycles. The number of likely N-dealkylation sites (N-methyl/N-ethyl adjacent to an activating group) is 2. The third-order valence-electron chi connectivity index (χ3n) is 8.23. The number of rotatable bonds is 18. The van der Waals surface area contributed by atoms with Crippen LogP contribution >= 0.6 is 0 Å². The Hall–Kier alpha value is -3.37. The number of nitrogens with one attached hydrogen (secondary N) is 3. The molecule has 0 heterocycles. The van der Waals surface area contributed by atoms with E-state index >= 15 is 0 Å². The van der Waals surface area contributed by atoms with Crippen LogP contribution in [0.3, 0.4) is 0 Å². The Labute approximate surface area is 257 Å². The Bertz CT molecular complexity index is 1080. The first-order valence-corrected chi connectivity index (χ1v) is 15.5. The zero-order chi connectivity index (χ0) is 31.6. The van der Waals surface area contributed by atoms with E-state index in [-0.39, 0.29) is 25.2 Å². The number of aliphatic hydroxyl groups excluding tert-OH is 2. The van der Waals surface area contributed by atoms with Crippen LogP contribution in [0.15, 0.2) is 30.3 Å². The summed E-state index contributed by atoms with van der Waals surface area (Å²) in [6.07, 6.45) is 15.1. The minimum Gasteiger partial charge on any atom is -0.390 e. The average Bonchev–Trinajstić information content (AvgIpc) is 3.01. The third-order valence-corrected chi connectivity index (χ3v) is 8.23. The molecule has 0 spiro atoms. The lowest BCUT2D eigenvalue weighted by atomic mass is 9.82. The van der Waals surface area contributed by atoms with Gasteiger partial charge in [0.1, 0.15) is 12.1 Å². The number of hydrogen-bond donors (Lipinski definition) is 5. The molecule has 0 saturated heterocycles. The first-order chi connectivity index (χ1) is 20.7. The average molecular weight is 595 g/mol. The van der Waals surface area contributed by atoms with Crippen LogP contribution < -0.4 is 16.0 Å². The van der Waals surface area contributed by atoms with Gasteiger partial charge in [0.05, 0.1) is 18.1 Å². The number of carbonyl (C=O) groups excluding carboxylic acids is 3. The van der Waals surface area contributed by atoms with Crippen LogP contribution in [0.2, 0.25) is 0 Å². The molecule has 2 rings (SSSR count). The molecule has 9 nitrogen and oxygen atoms in total. The number of hydrogen-bond acceptors (Lipinski definition) is 6. The van der Waals surface area contributed by atoms with Crippen molar-refractivity contribution < 1.29 is 24.6 Å². The molecule has 5 N–H and O–H groups in total. The quantitative estimate of drug-likeness (QED) is 0.165. The predicted molar refractivity (Wildman–Crippen MR) is 168 cm³/mol. The van der Waals surface area contributed by atoms with Gasteiger partial charge in [0.2, 0.25) is 17.7 Å². The molecule has 236 valence electrons. The van der Waals surface area contributed by atoms with E-state index in [1.54, 1.807) is 19.0 Å². The van der Waals surface area contributed by atoms with Crippen molar-refractivity contribution in [1.29, 1.82) is 0 Å². The first kappa shape index (κ1) is 35.8. The van der Waals surface area contributed by atoms with Crippen LogP contribution in [0.5, 0.6) is 0 Å². The normalized spacial score (nSPS) is 16.9. The summed E-state index contributed by atoms with van der Waals surface area (Å²) in [5.41, 5.74) is 0.892. The largest absolute Gasteiger partial charge is 0.390 e. The lowest BCUT2D eigenvalue weighted by Crippen LogP contribution is -2.55. The van der Waals surface area contributed by atoms with Gasteiger partial charge in [0.15, 0.2) is 0 Å². The van der Waals surface area contributed by atoms with Gasteiger partial charge in [-0.15, -0.1) is 24.7 Å². The first-order valence-electron chi connectivity index (χ1n) is 15.5. The highest BCUT2D eigenvalue weighted by Gasteiger charge is 2.33. The molecule has 1 aromatic rings. The molecule has 3 amide bonds. The van der Waals surface area contributed by atoms with Crippen molar-refractivity contribution in [2.45, 2.75) is 94.9 Å². The highest BCUT2D eigenvalue weighted by molar-refractivity contribution is 5.91. The van der Waals surface area contributed by atoms with Gasteiger partial charge in [-0.1, -0.05) is 62.4 Å². The molecule has 5 atom stereocenters. The molecule has 0 aliphatic heterocycles. The van der Waals surface area contributed by atoms with Crippen molar-refractivity contribution in [1.82, 2.24) is 20.9 Å². The molecule has 0 radical (unpaired) electrons. The van der Waals surface area contributed by atoms with Gasteiger partial charge in [-0.2, -0.15) is 0 Å².